The number of amides is 1. The fourth-order valence-electron chi connectivity index (χ4n) is 2.69. The average Bonchev–Trinajstić information content (AvgIpc) is 2.68. The zero-order valence-electron chi connectivity index (χ0n) is 16.9. The number of halogens is 1. The molecule has 0 unspecified atom stereocenters. The molecule has 0 saturated carbocycles. The number of carbonyl (C=O) groups excluding carboxylic acids is 1. The standard InChI is InChI=1S/C21H27ClN2O4S/c1-16(2)11-12-23-21(25)15-24(14-17-7-5-4-6-8-17)29(26,27)18-9-10-20(28-3)19(22)13-18/h4-10,13,16H,11-12,14-15H2,1-3H3,(H,23,25). The van der Waals surface area contributed by atoms with E-state index in [-0.39, 0.29) is 28.9 Å². The Hall–Kier alpha value is -2.09. The Kier molecular flexibility index (Phi) is 8.49. The normalized spacial score (nSPS) is 11.7. The maximum Gasteiger partial charge on any atom is 0.243 e. The predicted molar refractivity (Wildman–Crippen MR) is 115 cm³/mol. The number of rotatable bonds is 10. The first-order chi connectivity index (χ1) is 13.7. The molecule has 0 aliphatic carbocycles. The van der Waals surface area contributed by atoms with Crippen LogP contribution in [0.2, 0.25) is 5.02 Å². The zero-order valence-corrected chi connectivity index (χ0v) is 18.5. The molecule has 0 bridgehead atoms. The van der Waals surface area contributed by atoms with Crippen molar-refractivity contribution in [2.24, 2.45) is 5.92 Å². The van der Waals surface area contributed by atoms with E-state index in [4.69, 9.17) is 16.3 Å². The molecular formula is C21H27ClN2O4S. The molecule has 2 rings (SSSR count). The third-order valence-electron chi connectivity index (χ3n) is 4.33. The molecule has 0 atom stereocenters. The van der Waals surface area contributed by atoms with Crippen molar-refractivity contribution in [3.05, 3.63) is 59.1 Å². The van der Waals surface area contributed by atoms with Crippen molar-refractivity contribution in [3.8, 4) is 5.75 Å². The Bertz CT molecular complexity index is 918. The Morgan fingerprint density at radius 3 is 2.45 bits per heavy atom. The van der Waals surface area contributed by atoms with Gasteiger partial charge in [-0.3, -0.25) is 4.79 Å². The smallest absolute Gasteiger partial charge is 0.243 e. The molecule has 0 aliphatic heterocycles. The van der Waals surface area contributed by atoms with Crippen LogP contribution in [0.15, 0.2) is 53.4 Å². The SMILES string of the molecule is COc1ccc(S(=O)(=O)N(CC(=O)NCCC(C)C)Cc2ccccc2)cc1Cl. The van der Waals surface area contributed by atoms with E-state index in [1.807, 2.05) is 30.3 Å². The van der Waals surface area contributed by atoms with Crippen LogP contribution < -0.4 is 10.1 Å². The topological polar surface area (TPSA) is 75.7 Å². The van der Waals surface area contributed by atoms with Crippen molar-refractivity contribution >= 4 is 27.5 Å². The summed E-state index contributed by atoms with van der Waals surface area (Å²) in [7, 11) is -2.49. The third-order valence-corrected chi connectivity index (χ3v) is 6.41. The highest BCUT2D eigenvalue weighted by molar-refractivity contribution is 7.89. The van der Waals surface area contributed by atoms with Gasteiger partial charge in [-0.1, -0.05) is 55.8 Å². The first-order valence-corrected chi connectivity index (χ1v) is 11.2. The van der Waals surface area contributed by atoms with Crippen molar-refractivity contribution in [3.63, 3.8) is 0 Å². The molecule has 1 N–H and O–H groups in total. The second kappa shape index (κ2) is 10.6. The Morgan fingerprint density at radius 2 is 1.86 bits per heavy atom. The van der Waals surface area contributed by atoms with E-state index in [1.54, 1.807) is 0 Å². The van der Waals surface area contributed by atoms with Crippen LogP contribution in [-0.4, -0.2) is 38.8 Å². The first-order valence-electron chi connectivity index (χ1n) is 9.38. The van der Waals surface area contributed by atoms with Crippen molar-refractivity contribution in [2.45, 2.75) is 31.7 Å². The summed E-state index contributed by atoms with van der Waals surface area (Å²) in [5.74, 6) is 0.484. The average molecular weight is 439 g/mol. The number of benzene rings is 2. The molecular weight excluding hydrogens is 412 g/mol. The van der Waals surface area contributed by atoms with Crippen molar-refractivity contribution in [1.82, 2.24) is 9.62 Å². The Labute approximate surface area is 177 Å². The number of nitrogens with zero attached hydrogens (tertiary/aromatic N) is 1. The fourth-order valence-corrected chi connectivity index (χ4v) is 4.42. The molecule has 158 valence electrons. The molecule has 0 spiro atoms. The summed E-state index contributed by atoms with van der Waals surface area (Å²) in [5, 5.41) is 2.98. The lowest BCUT2D eigenvalue weighted by molar-refractivity contribution is -0.121. The minimum Gasteiger partial charge on any atom is -0.495 e. The van der Waals surface area contributed by atoms with Crippen molar-refractivity contribution < 1.29 is 17.9 Å². The minimum absolute atomic E-state index is 0.00853. The number of carbonyl (C=O) groups is 1. The number of ether oxygens (including phenoxy) is 1. The summed E-state index contributed by atoms with van der Waals surface area (Å²) in [5.41, 5.74) is 0.783. The quantitative estimate of drug-likeness (QED) is 0.613. The molecule has 0 fully saturated rings. The number of nitrogens with one attached hydrogen (secondary N) is 1. The van der Waals surface area contributed by atoms with Gasteiger partial charge < -0.3 is 10.1 Å². The maximum absolute atomic E-state index is 13.3. The summed E-state index contributed by atoms with van der Waals surface area (Å²) < 4.78 is 32.8. The summed E-state index contributed by atoms with van der Waals surface area (Å²) in [6.07, 6.45) is 0.825. The van der Waals surface area contributed by atoms with Gasteiger partial charge in [0.2, 0.25) is 15.9 Å². The second-order valence-electron chi connectivity index (χ2n) is 7.09. The summed E-state index contributed by atoms with van der Waals surface area (Å²) in [6, 6.07) is 13.4. The first kappa shape index (κ1) is 23.2. The van der Waals surface area contributed by atoms with Crippen molar-refractivity contribution in [2.75, 3.05) is 20.2 Å². The molecule has 29 heavy (non-hydrogen) atoms. The number of hydrogen-bond donors (Lipinski definition) is 1. The van der Waals surface area contributed by atoms with Crippen molar-refractivity contribution in [1.29, 1.82) is 0 Å². The summed E-state index contributed by atoms with van der Waals surface area (Å²) in [6.45, 7) is 4.42. The van der Waals surface area contributed by atoms with Gasteiger partial charge in [-0.05, 0) is 36.1 Å². The summed E-state index contributed by atoms with van der Waals surface area (Å²) >= 11 is 6.12. The van der Waals surface area contributed by atoms with E-state index in [0.29, 0.717) is 18.2 Å². The van der Waals surface area contributed by atoms with E-state index >= 15 is 0 Å². The van der Waals surface area contributed by atoms with Gasteiger partial charge >= 0.3 is 0 Å². The van der Waals surface area contributed by atoms with Crippen LogP contribution in [0.4, 0.5) is 0 Å². The van der Waals surface area contributed by atoms with Gasteiger partial charge in [0.15, 0.2) is 0 Å². The Balaban J connectivity index is 2.27. The highest BCUT2D eigenvalue weighted by Crippen LogP contribution is 2.28. The minimum atomic E-state index is -3.95. The van der Waals surface area contributed by atoms with Gasteiger partial charge in [0.25, 0.3) is 0 Å². The lowest BCUT2D eigenvalue weighted by Gasteiger charge is -2.22. The van der Waals surface area contributed by atoms with Crippen LogP contribution in [0.1, 0.15) is 25.8 Å². The lowest BCUT2D eigenvalue weighted by atomic mass is 10.1. The molecule has 0 radical (unpaired) electrons. The summed E-state index contributed by atoms with van der Waals surface area (Å²) in [4.78, 5) is 12.4. The van der Waals surface area contributed by atoms with Gasteiger partial charge in [-0.2, -0.15) is 4.31 Å². The van der Waals surface area contributed by atoms with Crippen LogP contribution in [0, 0.1) is 5.92 Å². The lowest BCUT2D eigenvalue weighted by Crippen LogP contribution is -2.40. The van der Waals surface area contributed by atoms with E-state index in [9.17, 15) is 13.2 Å². The van der Waals surface area contributed by atoms with Crippen LogP contribution >= 0.6 is 11.6 Å². The molecule has 1 amide bonds. The van der Waals surface area contributed by atoms with Crippen LogP contribution in [0.3, 0.4) is 0 Å². The fraction of sp³-hybridized carbons (Fsp3) is 0.381. The largest absolute Gasteiger partial charge is 0.495 e. The Morgan fingerprint density at radius 1 is 1.17 bits per heavy atom. The molecule has 0 aromatic heterocycles. The number of methoxy groups -OCH3 is 1. The van der Waals surface area contributed by atoms with Crippen LogP contribution in [-0.2, 0) is 21.4 Å². The van der Waals surface area contributed by atoms with Crippen LogP contribution in [0.25, 0.3) is 0 Å². The molecule has 2 aromatic carbocycles. The molecule has 0 heterocycles. The van der Waals surface area contributed by atoms with Gasteiger partial charge in [-0.15, -0.1) is 0 Å². The van der Waals surface area contributed by atoms with Gasteiger partial charge in [0.1, 0.15) is 5.75 Å². The zero-order chi connectivity index (χ0) is 21.4. The molecule has 0 saturated heterocycles. The molecule has 8 heteroatoms. The number of sulfonamides is 1. The van der Waals surface area contributed by atoms with Gasteiger partial charge in [0, 0.05) is 13.1 Å². The number of hydrogen-bond acceptors (Lipinski definition) is 4. The van der Waals surface area contributed by atoms with Crippen LogP contribution in [0.5, 0.6) is 5.75 Å². The predicted octanol–water partition coefficient (Wildman–Crippen LogP) is 3.70. The van der Waals surface area contributed by atoms with E-state index in [1.165, 1.54) is 25.3 Å². The highest BCUT2D eigenvalue weighted by atomic mass is 35.5. The highest BCUT2D eigenvalue weighted by Gasteiger charge is 2.27. The third kappa shape index (κ3) is 6.73. The molecule has 0 aliphatic rings. The van der Waals surface area contributed by atoms with E-state index < -0.39 is 10.0 Å². The van der Waals surface area contributed by atoms with E-state index in [0.717, 1.165) is 16.3 Å². The van der Waals surface area contributed by atoms with E-state index in [2.05, 4.69) is 19.2 Å². The maximum atomic E-state index is 13.3. The van der Waals surface area contributed by atoms with Gasteiger partial charge in [0.05, 0.1) is 23.6 Å². The monoisotopic (exact) mass is 438 g/mol. The molecule has 6 nitrogen and oxygen atoms in total. The van der Waals surface area contributed by atoms with Gasteiger partial charge in [-0.25, -0.2) is 8.42 Å². The molecule has 2 aromatic rings. The second-order valence-corrected chi connectivity index (χ2v) is 9.43.